The molecule has 1 fully saturated rings. The second kappa shape index (κ2) is 6.01. The number of halogens is 3. The van der Waals surface area contributed by atoms with Gasteiger partial charge in [0.05, 0.1) is 18.3 Å². The summed E-state index contributed by atoms with van der Waals surface area (Å²) in [6.07, 6.45) is -2.65. The molecule has 6 heteroatoms. The Morgan fingerprint density at radius 3 is 2.45 bits per heavy atom. The normalized spacial score (nSPS) is 17.6. The van der Waals surface area contributed by atoms with E-state index in [4.69, 9.17) is 4.74 Å². The molecule has 0 saturated carbocycles. The molecule has 0 atom stereocenters. The van der Waals surface area contributed by atoms with Crippen LogP contribution in [0.3, 0.4) is 0 Å². The number of aliphatic hydroxyl groups excluding tert-OH is 1. The van der Waals surface area contributed by atoms with E-state index in [9.17, 15) is 18.3 Å². The van der Waals surface area contributed by atoms with E-state index in [1.54, 1.807) is 7.11 Å². The van der Waals surface area contributed by atoms with Crippen molar-refractivity contribution in [2.24, 2.45) is 0 Å². The van der Waals surface area contributed by atoms with E-state index in [0.717, 1.165) is 25.0 Å². The third kappa shape index (κ3) is 3.24. The number of nitrogens with zero attached hydrogens (tertiary/aromatic N) is 1. The first-order valence-electron chi connectivity index (χ1n) is 6.54. The summed E-state index contributed by atoms with van der Waals surface area (Å²) in [5.74, 6) is 0. The Hall–Kier alpha value is -1.27. The Morgan fingerprint density at radius 1 is 1.30 bits per heavy atom. The number of hydrogen-bond acceptors (Lipinski definition) is 3. The van der Waals surface area contributed by atoms with Crippen LogP contribution in [0.15, 0.2) is 18.2 Å². The lowest BCUT2D eigenvalue weighted by Crippen LogP contribution is -2.37. The zero-order valence-corrected chi connectivity index (χ0v) is 11.3. The molecule has 0 spiro atoms. The molecule has 0 radical (unpaired) electrons. The Balaban J connectivity index is 2.25. The number of alkyl halides is 3. The first-order chi connectivity index (χ1) is 9.45. The van der Waals surface area contributed by atoms with E-state index < -0.39 is 11.7 Å². The number of anilines is 1. The van der Waals surface area contributed by atoms with Crippen LogP contribution in [-0.2, 0) is 17.5 Å². The van der Waals surface area contributed by atoms with Crippen molar-refractivity contribution in [3.63, 3.8) is 0 Å². The molecule has 0 amide bonds. The molecule has 1 aliphatic rings. The highest BCUT2D eigenvalue weighted by Gasteiger charge is 2.32. The molecule has 1 heterocycles. The van der Waals surface area contributed by atoms with E-state index >= 15 is 0 Å². The second-order valence-corrected chi connectivity index (χ2v) is 4.92. The molecular weight excluding hydrogens is 271 g/mol. The first kappa shape index (κ1) is 15.1. The van der Waals surface area contributed by atoms with Crippen molar-refractivity contribution in [1.82, 2.24) is 0 Å². The van der Waals surface area contributed by atoms with Gasteiger partial charge in [0, 0.05) is 31.5 Å². The molecule has 0 bridgehead atoms. The summed E-state index contributed by atoms with van der Waals surface area (Å²) in [7, 11) is 1.64. The average molecular weight is 289 g/mol. The first-order valence-corrected chi connectivity index (χ1v) is 6.54. The van der Waals surface area contributed by atoms with Crippen molar-refractivity contribution in [1.29, 1.82) is 0 Å². The SMILES string of the molecule is COC1CCN(c2cc(C(F)(F)F)ccc2CO)CC1. The summed E-state index contributed by atoms with van der Waals surface area (Å²) in [6, 6.07) is 3.48. The molecule has 1 saturated heterocycles. The lowest BCUT2D eigenvalue weighted by atomic mass is 10.0. The molecule has 0 aromatic heterocycles. The maximum absolute atomic E-state index is 12.8. The van der Waals surface area contributed by atoms with Gasteiger partial charge in [-0.25, -0.2) is 0 Å². The molecule has 0 aliphatic carbocycles. The fourth-order valence-corrected chi connectivity index (χ4v) is 2.50. The van der Waals surface area contributed by atoms with Crippen molar-refractivity contribution < 1.29 is 23.0 Å². The van der Waals surface area contributed by atoms with Gasteiger partial charge in [-0.1, -0.05) is 6.07 Å². The number of piperidine rings is 1. The van der Waals surface area contributed by atoms with Crippen molar-refractivity contribution in [3.05, 3.63) is 29.3 Å². The highest BCUT2D eigenvalue weighted by atomic mass is 19.4. The predicted molar refractivity (Wildman–Crippen MR) is 69.6 cm³/mol. The van der Waals surface area contributed by atoms with Crippen LogP contribution in [0.4, 0.5) is 18.9 Å². The fourth-order valence-electron chi connectivity index (χ4n) is 2.50. The molecule has 112 valence electrons. The molecule has 1 aliphatic heterocycles. The molecule has 20 heavy (non-hydrogen) atoms. The highest BCUT2D eigenvalue weighted by molar-refractivity contribution is 5.56. The quantitative estimate of drug-likeness (QED) is 0.928. The van der Waals surface area contributed by atoms with Crippen LogP contribution in [0.1, 0.15) is 24.0 Å². The molecule has 1 aromatic carbocycles. The average Bonchev–Trinajstić information content (AvgIpc) is 2.45. The zero-order valence-electron chi connectivity index (χ0n) is 11.3. The fraction of sp³-hybridized carbons (Fsp3) is 0.571. The van der Waals surface area contributed by atoms with Gasteiger partial charge >= 0.3 is 6.18 Å². The van der Waals surface area contributed by atoms with Gasteiger partial charge in [0.25, 0.3) is 0 Å². The van der Waals surface area contributed by atoms with E-state index in [1.807, 2.05) is 4.90 Å². The molecule has 3 nitrogen and oxygen atoms in total. The molecule has 1 N–H and O–H groups in total. The predicted octanol–water partition coefficient (Wildman–Crippen LogP) is 2.81. The smallest absolute Gasteiger partial charge is 0.392 e. The lowest BCUT2D eigenvalue weighted by Gasteiger charge is -2.34. The minimum absolute atomic E-state index is 0.162. The Kier molecular flexibility index (Phi) is 4.55. The van der Waals surface area contributed by atoms with E-state index in [2.05, 4.69) is 0 Å². The monoisotopic (exact) mass is 289 g/mol. The maximum atomic E-state index is 12.8. The zero-order chi connectivity index (χ0) is 14.8. The number of methoxy groups -OCH3 is 1. The van der Waals surface area contributed by atoms with Gasteiger partial charge in [0.15, 0.2) is 0 Å². The summed E-state index contributed by atoms with van der Waals surface area (Å²) in [4.78, 5) is 1.89. The minimum Gasteiger partial charge on any atom is -0.392 e. The number of hydrogen-bond donors (Lipinski definition) is 1. The number of benzene rings is 1. The summed E-state index contributed by atoms with van der Waals surface area (Å²) >= 11 is 0. The highest BCUT2D eigenvalue weighted by Crippen LogP contribution is 2.34. The Bertz CT molecular complexity index is 454. The van der Waals surface area contributed by atoms with Crippen molar-refractivity contribution in [2.75, 3.05) is 25.1 Å². The summed E-state index contributed by atoms with van der Waals surface area (Å²) in [5, 5.41) is 9.31. The standard InChI is InChI=1S/C14H18F3NO2/c1-20-12-4-6-18(7-5-12)13-8-11(14(15,16)17)3-2-10(13)9-19/h2-3,8,12,19H,4-7,9H2,1H3. The van der Waals surface area contributed by atoms with Crippen LogP contribution in [0.2, 0.25) is 0 Å². The third-order valence-electron chi connectivity index (χ3n) is 3.70. The summed E-state index contributed by atoms with van der Waals surface area (Å²) in [5.41, 5.74) is 0.310. The van der Waals surface area contributed by atoms with Gasteiger partial charge in [-0.15, -0.1) is 0 Å². The summed E-state index contributed by atoms with van der Waals surface area (Å²) < 4.78 is 43.6. The van der Waals surface area contributed by atoms with E-state index in [1.165, 1.54) is 6.07 Å². The van der Waals surface area contributed by atoms with Crippen molar-refractivity contribution >= 4 is 5.69 Å². The summed E-state index contributed by atoms with van der Waals surface area (Å²) in [6.45, 7) is 0.997. The van der Waals surface area contributed by atoms with E-state index in [-0.39, 0.29) is 12.7 Å². The topological polar surface area (TPSA) is 32.7 Å². The third-order valence-corrected chi connectivity index (χ3v) is 3.70. The molecule has 0 unspecified atom stereocenters. The van der Waals surface area contributed by atoms with E-state index in [0.29, 0.717) is 24.3 Å². The van der Waals surface area contributed by atoms with Gasteiger partial charge in [0.1, 0.15) is 0 Å². The van der Waals surface area contributed by atoms with Crippen LogP contribution in [0.25, 0.3) is 0 Å². The van der Waals surface area contributed by atoms with Crippen LogP contribution in [0.5, 0.6) is 0 Å². The van der Waals surface area contributed by atoms with Crippen LogP contribution < -0.4 is 4.90 Å². The number of rotatable bonds is 3. The van der Waals surface area contributed by atoms with Gasteiger partial charge in [-0.05, 0) is 25.0 Å². The molecule has 1 aromatic rings. The minimum atomic E-state index is -4.37. The van der Waals surface area contributed by atoms with Gasteiger partial charge in [0.2, 0.25) is 0 Å². The van der Waals surface area contributed by atoms with Crippen LogP contribution in [-0.4, -0.2) is 31.4 Å². The second-order valence-electron chi connectivity index (χ2n) is 4.92. The van der Waals surface area contributed by atoms with Crippen molar-refractivity contribution in [2.45, 2.75) is 31.7 Å². The maximum Gasteiger partial charge on any atom is 0.416 e. The molecule has 2 rings (SSSR count). The Morgan fingerprint density at radius 2 is 1.95 bits per heavy atom. The van der Waals surface area contributed by atoms with Gasteiger partial charge in [-0.3, -0.25) is 0 Å². The molecular formula is C14H18F3NO2. The van der Waals surface area contributed by atoms with Gasteiger partial charge in [-0.2, -0.15) is 13.2 Å². The van der Waals surface area contributed by atoms with Crippen LogP contribution >= 0.6 is 0 Å². The van der Waals surface area contributed by atoms with Crippen molar-refractivity contribution in [3.8, 4) is 0 Å². The lowest BCUT2D eigenvalue weighted by molar-refractivity contribution is -0.137. The number of aliphatic hydroxyl groups is 1. The van der Waals surface area contributed by atoms with Gasteiger partial charge < -0.3 is 14.7 Å². The largest absolute Gasteiger partial charge is 0.416 e. The number of ether oxygens (including phenoxy) is 1. The Labute approximate surface area is 116 Å². The van der Waals surface area contributed by atoms with Crippen LogP contribution in [0, 0.1) is 0 Å².